The number of hydrogen-bond donors (Lipinski definition) is 2. The van der Waals surface area contributed by atoms with Crippen molar-refractivity contribution in [2.75, 3.05) is 45.8 Å². The maximum Gasteiger partial charge on any atom is 0.252 e. The van der Waals surface area contributed by atoms with Crippen molar-refractivity contribution in [1.82, 2.24) is 10.6 Å². The van der Waals surface area contributed by atoms with E-state index in [-0.39, 0.29) is 11.9 Å². The predicted octanol–water partition coefficient (Wildman–Crippen LogP) is 3.01. The van der Waals surface area contributed by atoms with Gasteiger partial charge in [-0.05, 0) is 61.8 Å². The Hall–Kier alpha value is -1.64. The van der Waals surface area contributed by atoms with Gasteiger partial charge in [-0.25, -0.2) is 0 Å². The highest BCUT2D eigenvalue weighted by Gasteiger charge is 2.24. The van der Waals surface area contributed by atoms with Crippen molar-refractivity contribution in [3.8, 4) is 5.75 Å². The van der Waals surface area contributed by atoms with Crippen molar-refractivity contribution >= 4 is 33.8 Å². The highest BCUT2D eigenvalue weighted by molar-refractivity contribution is 9.10. The van der Waals surface area contributed by atoms with Crippen LogP contribution in [0.5, 0.6) is 5.75 Å². The number of carbonyl (C=O) groups is 2. The van der Waals surface area contributed by atoms with Crippen LogP contribution >= 0.6 is 15.9 Å². The fourth-order valence-electron chi connectivity index (χ4n) is 2.78. The van der Waals surface area contributed by atoms with Gasteiger partial charge in [0.05, 0.1) is 11.3 Å². The van der Waals surface area contributed by atoms with Crippen LogP contribution in [0.1, 0.15) is 44.0 Å². The van der Waals surface area contributed by atoms with E-state index in [0.717, 1.165) is 24.8 Å². The molecule has 8 heteroatoms. The number of carbonyl (C=O) groups excluding carboxylic acids is 2. The summed E-state index contributed by atoms with van der Waals surface area (Å²) in [7, 11) is 5.45. The molecule has 1 aromatic carbocycles. The van der Waals surface area contributed by atoms with Gasteiger partial charge < -0.3 is 25.0 Å². The van der Waals surface area contributed by atoms with Crippen LogP contribution in [0.4, 0.5) is 5.69 Å². The van der Waals surface area contributed by atoms with E-state index in [4.69, 9.17) is 9.47 Å². The number of benzene rings is 1. The summed E-state index contributed by atoms with van der Waals surface area (Å²) in [6.45, 7) is 7.47. The molecule has 0 aliphatic heterocycles. The fraction of sp³-hybridized carbons (Fsp3) is 0.619. The molecule has 0 fully saturated rings. The second-order valence-electron chi connectivity index (χ2n) is 7.53. The number of methoxy groups -OCH3 is 1. The average Bonchev–Trinajstić information content (AvgIpc) is 2.67. The molecule has 1 rings (SSSR count). The molecule has 1 amide bonds. The predicted molar refractivity (Wildman–Crippen MR) is 120 cm³/mol. The lowest BCUT2D eigenvalue weighted by molar-refractivity contribution is -0.118. The first-order valence-corrected chi connectivity index (χ1v) is 10.6. The van der Waals surface area contributed by atoms with E-state index >= 15 is 0 Å². The second-order valence-corrected chi connectivity index (χ2v) is 8.38. The number of anilines is 1. The number of hydrogen-bond acceptors (Lipinski definition) is 6. The quantitative estimate of drug-likeness (QED) is 0.340. The third kappa shape index (κ3) is 7.95. The monoisotopic (exact) mass is 471 g/mol. The Morgan fingerprint density at radius 1 is 1.38 bits per heavy atom. The number of aldehydes is 1. The number of likely N-dealkylation sites (N-methyl/N-ethyl adjacent to an activating group) is 1. The minimum atomic E-state index is -0.981. The maximum absolute atomic E-state index is 12.9. The molecule has 0 aromatic heterocycles. The van der Waals surface area contributed by atoms with E-state index < -0.39 is 5.60 Å². The van der Waals surface area contributed by atoms with Crippen LogP contribution < -0.4 is 20.3 Å². The Kier molecular flexibility index (Phi) is 10.6. The number of nitrogens with zero attached hydrogens (tertiary/aromatic N) is 1. The number of halogens is 1. The van der Waals surface area contributed by atoms with Gasteiger partial charge in [0, 0.05) is 44.4 Å². The Bertz CT molecular complexity index is 682. The minimum absolute atomic E-state index is 0.0344. The van der Waals surface area contributed by atoms with E-state index in [1.165, 1.54) is 0 Å². The Morgan fingerprint density at radius 2 is 2.07 bits per heavy atom. The summed E-state index contributed by atoms with van der Waals surface area (Å²) in [6.07, 6.45) is 2.41. The summed E-state index contributed by atoms with van der Waals surface area (Å²) < 4.78 is 11.7. The SMILES string of the molecule is CC[C@H](CNC)NC(=O)c1cc(N(C)CCCOC)c(OC(C)(C)C=O)cc1Br. The summed E-state index contributed by atoms with van der Waals surface area (Å²) in [6, 6.07) is 3.59. The Balaban J connectivity index is 3.26. The highest BCUT2D eigenvalue weighted by Crippen LogP contribution is 2.36. The molecule has 1 atom stereocenters. The lowest BCUT2D eigenvalue weighted by atomic mass is 10.1. The van der Waals surface area contributed by atoms with Gasteiger partial charge in [0.25, 0.3) is 5.91 Å². The van der Waals surface area contributed by atoms with Crippen molar-refractivity contribution in [2.24, 2.45) is 0 Å². The molecule has 2 N–H and O–H groups in total. The number of rotatable bonds is 13. The zero-order chi connectivity index (χ0) is 22.0. The summed E-state index contributed by atoms with van der Waals surface area (Å²) in [5, 5.41) is 6.15. The topological polar surface area (TPSA) is 79.9 Å². The fourth-order valence-corrected chi connectivity index (χ4v) is 3.28. The van der Waals surface area contributed by atoms with Crippen LogP contribution in [0.2, 0.25) is 0 Å². The maximum atomic E-state index is 12.9. The van der Waals surface area contributed by atoms with Crippen LogP contribution in [0.25, 0.3) is 0 Å². The van der Waals surface area contributed by atoms with Crippen molar-refractivity contribution in [1.29, 1.82) is 0 Å². The second kappa shape index (κ2) is 12.1. The first-order chi connectivity index (χ1) is 13.7. The summed E-state index contributed by atoms with van der Waals surface area (Å²) in [4.78, 5) is 26.3. The molecule has 0 radical (unpaired) electrons. The van der Waals surface area contributed by atoms with Crippen LogP contribution in [0, 0.1) is 0 Å². The third-order valence-corrected chi connectivity index (χ3v) is 5.14. The highest BCUT2D eigenvalue weighted by atomic mass is 79.9. The van der Waals surface area contributed by atoms with E-state index in [1.807, 2.05) is 25.9 Å². The number of amides is 1. The lowest BCUT2D eigenvalue weighted by Gasteiger charge is -2.28. The van der Waals surface area contributed by atoms with Crippen molar-refractivity contribution in [2.45, 2.75) is 45.3 Å². The molecule has 0 aliphatic rings. The van der Waals surface area contributed by atoms with Crippen LogP contribution in [-0.2, 0) is 9.53 Å². The Morgan fingerprint density at radius 3 is 2.62 bits per heavy atom. The largest absolute Gasteiger partial charge is 0.478 e. The van der Waals surface area contributed by atoms with Gasteiger partial charge in [-0.2, -0.15) is 0 Å². The molecular formula is C21H34BrN3O4. The molecule has 0 saturated carbocycles. The van der Waals surface area contributed by atoms with Gasteiger partial charge in [0.2, 0.25) is 0 Å². The van der Waals surface area contributed by atoms with Crippen molar-refractivity contribution < 1.29 is 19.1 Å². The third-order valence-electron chi connectivity index (χ3n) is 4.48. The van der Waals surface area contributed by atoms with E-state index in [9.17, 15) is 9.59 Å². The molecule has 164 valence electrons. The van der Waals surface area contributed by atoms with Crippen molar-refractivity contribution in [3.63, 3.8) is 0 Å². The van der Waals surface area contributed by atoms with Gasteiger partial charge in [-0.1, -0.05) is 6.92 Å². The van der Waals surface area contributed by atoms with Crippen LogP contribution in [-0.4, -0.2) is 64.7 Å². The minimum Gasteiger partial charge on any atom is -0.478 e. The number of nitrogens with one attached hydrogen (secondary N) is 2. The van der Waals surface area contributed by atoms with E-state index in [1.54, 1.807) is 33.1 Å². The Labute approximate surface area is 182 Å². The zero-order valence-corrected chi connectivity index (χ0v) is 19.9. The lowest BCUT2D eigenvalue weighted by Crippen LogP contribution is -2.41. The first kappa shape index (κ1) is 25.4. The molecule has 0 unspecified atom stereocenters. The van der Waals surface area contributed by atoms with Gasteiger partial charge >= 0.3 is 0 Å². The normalized spacial score (nSPS) is 12.4. The van der Waals surface area contributed by atoms with Gasteiger partial charge in [0.15, 0.2) is 11.9 Å². The average molecular weight is 472 g/mol. The summed E-state index contributed by atoms with van der Waals surface area (Å²) in [5.74, 6) is 0.374. The molecule has 0 heterocycles. The smallest absolute Gasteiger partial charge is 0.252 e. The van der Waals surface area contributed by atoms with Gasteiger partial charge in [0.1, 0.15) is 5.75 Å². The van der Waals surface area contributed by atoms with Gasteiger partial charge in [-0.15, -0.1) is 0 Å². The van der Waals surface area contributed by atoms with Crippen LogP contribution in [0.15, 0.2) is 16.6 Å². The van der Waals surface area contributed by atoms with E-state index in [0.29, 0.717) is 35.5 Å². The zero-order valence-electron chi connectivity index (χ0n) is 18.3. The molecule has 7 nitrogen and oxygen atoms in total. The molecule has 1 aromatic rings. The standard InChI is InChI=1S/C21H34BrN3O4/c1-7-15(13-23-4)24-20(27)16-11-18(25(5)9-8-10-28-6)19(12-17(16)22)29-21(2,3)14-26/h11-12,14-15,23H,7-10,13H2,1-6H3,(H,24,27)/t15-/m1/s1. The number of ether oxygens (including phenoxy) is 2. The molecular weight excluding hydrogens is 438 g/mol. The summed E-state index contributed by atoms with van der Waals surface area (Å²) in [5.41, 5.74) is 0.279. The molecule has 29 heavy (non-hydrogen) atoms. The molecule has 0 spiro atoms. The molecule has 0 aliphatic carbocycles. The first-order valence-electron chi connectivity index (χ1n) is 9.83. The summed E-state index contributed by atoms with van der Waals surface area (Å²) >= 11 is 3.49. The van der Waals surface area contributed by atoms with Gasteiger partial charge in [-0.3, -0.25) is 9.59 Å². The van der Waals surface area contributed by atoms with E-state index in [2.05, 4.69) is 26.6 Å². The van der Waals surface area contributed by atoms with Crippen LogP contribution in [0.3, 0.4) is 0 Å². The molecule has 0 saturated heterocycles. The van der Waals surface area contributed by atoms with Crippen molar-refractivity contribution in [3.05, 3.63) is 22.2 Å². The molecule has 0 bridgehead atoms.